The molecule has 6 heteroatoms. The Morgan fingerprint density at radius 2 is 2.25 bits per heavy atom. The molecule has 3 aliphatic rings. The first-order chi connectivity index (χ1) is 9.74. The molecule has 5 nitrogen and oxygen atoms in total. The second-order valence-corrected chi connectivity index (χ2v) is 6.24. The van der Waals surface area contributed by atoms with Crippen LogP contribution in [0.4, 0.5) is 0 Å². The highest BCUT2D eigenvalue weighted by molar-refractivity contribution is 9.10. The minimum atomic E-state index is -0.176. The molecule has 0 unspecified atom stereocenters. The molecule has 1 aromatic rings. The molecule has 1 aromatic carbocycles. The normalized spacial score (nSPS) is 28.8. The number of hydrogen-bond donors (Lipinski definition) is 1. The van der Waals surface area contributed by atoms with Crippen molar-refractivity contribution in [2.75, 3.05) is 26.4 Å². The summed E-state index contributed by atoms with van der Waals surface area (Å²) in [7, 11) is 0. The van der Waals surface area contributed by atoms with Crippen LogP contribution in [0.5, 0.6) is 5.75 Å². The van der Waals surface area contributed by atoms with Crippen molar-refractivity contribution < 1.29 is 14.3 Å². The maximum absolute atomic E-state index is 12.1. The fourth-order valence-electron chi connectivity index (χ4n) is 3.22. The van der Waals surface area contributed by atoms with E-state index in [0.29, 0.717) is 19.8 Å². The highest BCUT2D eigenvalue weighted by Crippen LogP contribution is 2.40. The molecule has 1 amide bonds. The van der Waals surface area contributed by atoms with E-state index in [1.807, 2.05) is 6.07 Å². The topological polar surface area (TPSA) is 50.8 Å². The summed E-state index contributed by atoms with van der Waals surface area (Å²) in [6.45, 7) is 2.61. The third kappa shape index (κ3) is 1.86. The molecule has 0 radical (unpaired) electrons. The lowest BCUT2D eigenvalue weighted by atomic mass is 10.1. The number of nitrogens with one attached hydrogen (secondary N) is 1. The lowest BCUT2D eigenvalue weighted by Gasteiger charge is -2.32. The van der Waals surface area contributed by atoms with Crippen molar-refractivity contribution in [3.8, 4) is 5.75 Å². The first-order valence-electron chi connectivity index (χ1n) is 6.83. The van der Waals surface area contributed by atoms with E-state index in [2.05, 4.69) is 32.2 Å². The SMILES string of the molecule is O=C1N[C@@H](c2cc(Br)cc3c2OCC3)N2CCOC[C@@H]12. The zero-order valence-corrected chi connectivity index (χ0v) is 12.5. The number of amides is 1. The number of rotatable bonds is 1. The third-order valence-corrected chi connectivity index (χ3v) is 4.61. The Hall–Kier alpha value is -1.11. The quantitative estimate of drug-likeness (QED) is 0.836. The standard InChI is InChI=1S/C14H15BrN2O3/c15-9-5-8-1-3-20-12(8)10(6-9)13-16-14(18)11-7-19-4-2-17(11)13/h5-6,11,13H,1-4,7H2,(H,16,18)/t11-,13+/m0/s1. The monoisotopic (exact) mass is 338 g/mol. The molecule has 0 aliphatic carbocycles. The van der Waals surface area contributed by atoms with Gasteiger partial charge in [0.25, 0.3) is 0 Å². The van der Waals surface area contributed by atoms with Gasteiger partial charge in [-0.2, -0.15) is 0 Å². The van der Waals surface area contributed by atoms with Gasteiger partial charge in [-0.25, -0.2) is 0 Å². The van der Waals surface area contributed by atoms with Crippen LogP contribution >= 0.6 is 15.9 Å². The van der Waals surface area contributed by atoms with E-state index in [1.165, 1.54) is 5.56 Å². The Kier molecular flexibility index (Phi) is 2.98. The molecule has 20 heavy (non-hydrogen) atoms. The van der Waals surface area contributed by atoms with Crippen molar-refractivity contribution in [3.63, 3.8) is 0 Å². The second-order valence-electron chi connectivity index (χ2n) is 5.32. The molecule has 0 aromatic heterocycles. The van der Waals surface area contributed by atoms with Crippen LogP contribution in [0.25, 0.3) is 0 Å². The number of morpholine rings is 1. The van der Waals surface area contributed by atoms with Crippen LogP contribution in [0.1, 0.15) is 17.3 Å². The molecule has 3 heterocycles. The number of nitrogens with zero attached hydrogens (tertiary/aromatic N) is 1. The van der Waals surface area contributed by atoms with Gasteiger partial charge in [0.15, 0.2) is 0 Å². The van der Waals surface area contributed by atoms with Crippen LogP contribution in [-0.4, -0.2) is 43.2 Å². The van der Waals surface area contributed by atoms with Crippen molar-refractivity contribution in [3.05, 3.63) is 27.7 Å². The van der Waals surface area contributed by atoms with Gasteiger partial charge in [0.1, 0.15) is 18.0 Å². The number of carbonyl (C=O) groups excluding carboxylic acids is 1. The van der Waals surface area contributed by atoms with E-state index in [0.717, 1.165) is 28.8 Å². The van der Waals surface area contributed by atoms with Gasteiger partial charge in [-0.1, -0.05) is 15.9 Å². The Morgan fingerprint density at radius 3 is 3.15 bits per heavy atom. The molecule has 2 saturated heterocycles. The van der Waals surface area contributed by atoms with Crippen molar-refractivity contribution >= 4 is 21.8 Å². The lowest BCUT2D eigenvalue weighted by molar-refractivity contribution is -0.125. The molecule has 0 bridgehead atoms. The summed E-state index contributed by atoms with van der Waals surface area (Å²) in [6.07, 6.45) is 0.815. The maximum atomic E-state index is 12.1. The smallest absolute Gasteiger partial charge is 0.241 e. The van der Waals surface area contributed by atoms with Crippen molar-refractivity contribution in [2.45, 2.75) is 18.6 Å². The van der Waals surface area contributed by atoms with Crippen molar-refractivity contribution in [1.29, 1.82) is 0 Å². The van der Waals surface area contributed by atoms with Crippen LogP contribution in [0.15, 0.2) is 16.6 Å². The van der Waals surface area contributed by atoms with Crippen LogP contribution in [-0.2, 0) is 16.0 Å². The molecular weight excluding hydrogens is 324 g/mol. The first kappa shape index (κ1) is 12.6. The summed E-state index contributed by atoms with van der Waals surface area (Å²) in [4.78, 5) is 14.3. The van der Waals surface area contributed by atoms with Crippen molar-refractivity contribution in [1.82, 2.24) is 10.2 Å². The Balaban J connectivity index is 1.76. The lowest BCUT2D eigenvalue weighted by Crippen LogP contribution is -2.44. The van der Waals surface area contributed by atoms with Crippen LogP contribution in [0, 0.1) is 0 Å². The summed E-state index contributed by atoms with van der Waals surface area (Å²) in [5.41, 5.74) is 2.25. The van der Waals surface area contributed by atoms with Gasteiger partial charge in [-0.3, -0.25) is 9.69 Å². The Morgan fingerprint density at radius 1 is 1.35 bits per heavy atom. The van der Waals surface area contributed by atoms with Gasteiger partial charge in [0.2, 0.25) is 5.91 Å². The van der Waals surface area contributed by atoms with Gasteiger partial charge < -0.3 is 14.8 Å². The molecule has 2 atom stereocenters. The van der Waals surface area contributed by atoms with E-state index in [-0.39, 0.29) is 18.1 Å². The zero-order valence-electron chi connectivity index (χ0n) is 10.9. The predicted molar refractivity (Wildman–Crippen MR) is 75.5 cm³/mol. The predicted octanol–water partition coefficient (Wildman–Crippen LogP) is 1.21. The molecule has 4 rings (SSSR count). The van der Waals surface area contributed by atoms with Crippen LogP contribution in [0.3, 0.4) is 0 Å². The fourth-order valence-corrected chi connectivity index (χ4v) is 3.75. The summed E-state index contributed by atoms with van der Waals surface area (Å²) < 4.78 is 12.2. The van der Waals surface area contributed by atoms with E-state index in [4.69, 9.17) is 9.47 Å². The van der Waals surface area contributed by atoms with Gasteiger partial charge >= 0.3 is 0 Å². The third-order valence-electron chi connectivity index (χ3n) is 4.15. The number of halogens is 1. The molecule has 0 spiro atoms. The fraction of sp³-hybridized carbons (Fsp3) is 0.500. The molecule has 3 aliphatic heterocycles. The Bertz CT molecular complexity index is 578. The van der Waals surface area contributed by atoms with E-state index in [1.54, 1.807) is 0 Å². The summed E-state index contributed by atoms with van der Waals surface area (Å²) in [6, 6.07) is 3.97. The number of hydrogen-bond acceptors (Lipinski definition) is 4. The van der Waals surface area contributed by atoms with Crippen molar-refractivity contribution in [2.24, 2.45) is 0 Å². The second kappa shape index (κ2) is 4.72. The largest absolute Gasteiger partial charge is 0.493 e. The molecule has 0 saturated carbocycles. The average Bonchev–Trinajstić information content (AvgIpc) is 3.03. The van der Waals surface area contributed by atoms with E-state index >= 15 is 0 Å². The summed E-state index contributed by atoms with van der Waals surface area (Å²) >= 11 is 3.55. The highest BCUT2D eigenvalue weighted by atomic mass is 79.9. The minimum Gasteiger partial charge on any atom is -0.493 e. The van der Waals surface area contributed by atoms with E-state index in [9.17, 15) is 4.79 Å². The van der Waals surface area contributed by atoms with E-state index < -0.39 is 0 Å². The van der Waals surface area contributed by atoms with Gasteiger partial charge in [0, 0.05) is 23.0 Å². The highest BCUT2D eigenvalue weighted by Gasteiger charge is 2.43. The van der Waals surface area contributed by atoms with Crippen LogP contribution < -0.4 is 10.1 Å². The number of ether oxygens (including phenoxy) is 2. The molecule has 106 valence electrons. The number of benzene rings is 1. The zero-order chi connectivity index (χ0) is 13.7. The molecule has 1 N–H and O–H groups in total. The van der Waals surface area contributed by atoms with Gasteiger partial charge in [-0.05, 0) is 17.7 Å². The maximum Gasteiger partial charge on any atom is 0.241 e. The van der Waals surface area contributed by atoms with Gasteiger partial charge in [0.05, 0.1) is 19.8 Å². The number of fused-ring (bicyclic) bond motifs is 2. The molecular formula is C14H15BrN2O3. The van der Waals surface area contributed by atoms with Gasteiger partial charge in [-0.15, -0.1) is 0 Å². The number of carbonyl (C=O) groups is 1. The average molecular weight is 339 g/mol. The Labute approximate surface area is 125 Å². The van der Waals surface area contributed by atoms with Crippen LogP contribution in [0.2, 0.25) is 0 Å². The molecule has 2 fully saturated rings. The first-order valence-corrected chi connectivity index (χ1v) is 7.62. The minimum absolute atomic E-state index is 0.0430. The summed E-state index contributed by atoms with van der Waals surface area (Å²) in [5, 5.41) is 3.08. The summed E-state index contributed by atoms with van der Waals surface area (Å²) in [5.74, 6) is 0.979.